The average Bonchev–Trinajstić information content (AvgIpc) is 2.61. The third kappa shape index (κ3) is 3.46. The fourth-order valence-corrected chi connectivity index (χ4v) is 2.56. The molecule has 3 aromatic rings. The molecule has 0 aliphatic carbocycles. The average molecular weight is 301 g/mol. The van der Waals surface area contributed by atoms with Crippen LogP contribution >= 0.6 is 0 Å². The van der Waals surface area contributed by atoms with Crippen molar-refractivity contribution in [1.29, 1.82) is 0 Å². The molecule has 0 saturated carbocycles. The molecule has 3 rings (SSSR count). The number of rotatable bonds is 5. The van der Waals surface area contributed by atoms with Crippen molar-refractivity contribution in [3.63, 3.8) is 0 Å². The van der Waals surface area contributed by atoms with Crippen molar-refractivity contribution in [3.8, 4) is 11.3 Å². The molecule has 0 fully saturated rings. The standard InChI is InChI=1S/C20H17N2O/c21-20(23)18-16(12-11-15-7-3-1-4-8-15)13-14-22-19(18)17-9-5-2-6-10-17/h1-10,12-14H,11H2,(H2,21,23). The van der Waals surface area contributed by atoms with E-state index in [1.54, 1.807) is 6.20 Å². The third-order valence-electron chi connectivity index (χ3n) is 3.68. The van der Waals surface area contributed by atoms with Crippen LogP contribution in [-0.4, -0.2) is 10.9 Å². The van der Waals surface area contributed by atoms with E-state index in [4.69, 9.17) is 5.73 Å². The Bertz CT molecular complexity index is 798. The highest BCUT2D eigenvalue weighted by Crippen LogP contribution is 2.25. The van der Waals surface area contributed by atoms with Crippen molar-refractivity contribution in [1.82, 2.24) is 4.98 Å². The number of amides is 1. The number of hydrogen-bond donors (Lipinski definition) is 1. The Kier molecular flexibility index (Phi) is 4.48. The van der Waals surface area contributed by atoms with Crippen LogP contribution in [0.15, 0.2) is 72.9 Å². The molecule has 0 unspecified atom stereocenters. The summed E-state index contributed by atoms with van der Waals surface area (Å²) in [5, 5.41) is 0. The molecule has 0 spiro atoms. The lowest BCUT2D eigenvalue weighted by atomic mass is 9.96. The van der Waals surface area contributed by atoms with E-state index in [0.717, 1.165) is 17.5 Å². The van der Waals surface area contributed by atoms with Gasteiger partial charge in [-0.05, 0) is 30.0 Å². The van der Waals surface area contributed by atoms with Gasteiger partial charge in [-0.15, -0.1) is 0 Å². The summed E-state index contributed by atoms with van der Waals surface area (Å²) in [6, 6.07) is 21.5. The maximum atomic E-state index is 12.0. The smallest absolute Gasteiger partial charge is 0.251 e. The lowest BCUT2D eigenvalue weighted by molar-refractivity contribution is 0.1000. The Hall–Kier alpha value is -2.94. The molecule has 2 aromatic carbocycles. The maximum Gasteiger partial charge on any atom is 0.251 e. The lowest BCUT2D eigenvalue weighted by Crippen LogP contribution is -2.16. The van der Waals surface area contributed by atoms with Crippen LogP contribution in [0.3, 0.4) is 0 Å². The van der Waals surface area contributed by atoms with E-state index >= 15 is 0 Å². The number of carbonyl (C=O) groups excluding carboxylic acids is 1. The van der Waals surface area contributed by atoms with Crippen LogP contribution in [0.2, 0.25) is 0 Å². The van der Waals surface area contributed by atoms with E-state index in [-0.39, 0.29) is 0 Å². The molecule has 23 heavy (non-hydrogen) atoms. The van der Waals surface area contributed by atoms with Crippen molar-refractivity contribution in [2.24, 2.45) is 5.73 Å². The topological polar surface area (TPSA) is 56.0 Å². The van der Waals surface area contributed by atoms with Crippen molar-refractivity contribution < 1.29 is 4.79 Å². The summed E-state index contributed by atoms with van der Waals surface area (Å²) < 4.78 is 0. The van der Waals surface area contributed by atoms with Crippen LogP contribution in [0.1, 0.15) is 21.5 Å². The van der Waals surface area contributed by atoms with Crippen molar-refractivity contribution in [2.45, 2.75) is 6.42 Å². The third-order valence-corrected chi connectivity index (χ3v) is 3.68. The fraction of sp³-hybridized carbons (Fsp3) is 0.0500. The van der Waals surface area contributed by atoms with Gasteiger partial charge in [0.15, 0.2) is 0 Å². The Morgan fingerprint density at radius 2 is 1.61 bits per heavy atom. The summed E-state index contributed by atoms with van der Waals surface area (Å²) in [6.45, 7) is 0. The molecule has 0 atom stereocenters. The Labute approximate surface area is 135 Å². The molecule has 3 heteroatoms. The van der Waals surface area contributed by atoms with Crippen molar-refractivity contribution in [2.75, 3.05) is 0 Å². The molecule has 0 bridgehead atoms. The second-order valence-corrected chi connectivity index (χ2v) is 5.25. The van der Waals surface area contributed by atoms with Gasteiger partial charge in [0.1, 0.15) is 0 Å². The predicted octanol–water partition coefficient (Wildman–Crippen LogP) is 3.64. The summed E-state index contributed by atoms with van der Waals surface area (Å²) in [6.07, 6.45) is 4.47. The number of aromatic nitrogens is 1. The monoisotopic (exact) mass is 301 g/mol. The summed E-state index contributed by atoms with van der Waals surface area (Å²) in [4.78, 5) is 16.4. The van der Waals surface area contributed by atoms with Crippen LogP contribution in [0.5, 0.6) is 0 Å². The van der Waals surface area contributed by atoms with Gasteiger partial charge >= 0.3 is 0 Å². The number of carbonyl (C=O) groups is 1. The molecule has 1 amide bonds. The SMILES string of the molecule is NC(=O)c1c([CH]Cc2ccccc2)ccnc1-c1ccccc1. The van der Waals surface area contributed by atoms with E-state index in [9.17, 15) is 4.79 Å². The first-order chi connectivity index (χ1) is 11.3. The zero-order valence-corrected chi connectivity index (χ0v) is 12.6. The highest BCUT2D eigenvalue weighted by molar-refractivity contribution is 6.00. The summed E-state index contributed by atoms with van der Waals surface area (Å²) >= 11 is 0. The number of benzene rings is 2. The van der Waals surface area contributed by atoms with Gasteiger partial charge in [0, 0.05) is 11.8 Å². The first-order valence-corrected chi connectivity index (χ1v) is 7.47. The van der Waals surface area contributed by atoms with Gasteiger partial charge in [0.05, 0.1) is 11.3 Å². The Balaban J connectivity index is 1.96. The van der Waals surface area contributed by atoms with Gasteiger partial charge in [-0.25, -0.2) is 0 Å². The molecular weight excluding hydrogens is 284 g/mol. The van der Waals surface area contributed by atoms with E-state index in [2.05, 4.69) is 17.1 Å². The highest BCUT2D eigenvalue weighted by atomic mass is 16.1. The zero-order chi connectivity index (χ0) is 16.1. The van der Waals surface area contributed by atoms with Crippen molar-refractivity contribution in [3.05, 3.63) is 96.0 Å². The number of nitrogens with zero attached hydrogens (tertiary/aromatic N) is 1. The minimum atomic E-state index is -0.462. The van der Waals surface area contributed by atoms with Crippen LogP contribution < -0.4 is 5.73 Å². The quantitative estimate of drug-likeness (QED) is 0.782. The second-order valence-electron chi connectivity index (χ2n) is 5.25. The molecule has 1 heterocycles. The first-order valence-electron chi connectivity index (χ1n) is 7.47. The van der Waals surface area contributed by atoms with Crippen LogP contribution in [0, 0.1) is 6.42 Å². The summed E-state index contributed by atoms with van der Waals surface area (Å²) in [7, 11) is 0. The molecule has 1 aromatic heterocycles. The van der Waals surface area contributed by atoms with E-state index in [1.807, 2.05) is 61.0 Å². The fourth-order valence-electron chi connectivity index (χ4n) is 2.56. The molecule has 0 aliphatic heterocycles. The van der Waals surface area contributed by atoms with Crippen LogP contribution in [0.4, 0.5) is 0 Å². The number of pyridine rings is 1. The van der Waals surface area contributed by atoms with Gasteiger partial charge < -0.3 is 5.73 Å². The van der Waals surface area contributed by atoms with Crippen molar-refractivity contribution >= 4 is 5.91 Å². The van der Waals surface area contributed by atoms with Gasteiger partial charge in [-0.2, -0.15) is 0 Å². The Morgan fingerprint density at radius 3 is 2.26 bits per heavy atom. The molecule has 2 N–H and O–H groups in total. The lowest BCUT2D eigenvalue weighted by Gasteiger charge is -2.11. The Morgan fingerprint density at radius 1 is 0.957 bits per heavy atom. The number of hydrogen-bond acceptors (Lipinski definition) is 2. The van der Waals surface area contributed by atoms with E-state index in [1.165, 1.54) is 5.56 Å². The molecule has 0 aliphatic rings. The number of primary amides is 1. The molecule has 113 valence electrons. The number of nitrogens with two attached hydrogens (primary N) is 1. The first kappa shape index (κ1) is 15.0. The van der Waals surface area contributed by atoms with Crippen LogP contribution in [-0.2, 0) is 6.42 Å². The van der Waals surface area contributed by atoms with E-state index in [0.29, 0.717) is 11.3 Å². The summed E-state index contributed by atoms with van der Waals surface area (Å²) in [5.74, 6) is -0.462. The van der Waals surface area contributed by atoms with Crippen LogP contribution in [0.25, 0.3) is 11.3 Å². The van der Waals surface area contributed by atoms with Gasteiger partial charge in [0.25, 0.3) is 5.91 Å². The second kappa shape index (κ2) is 6.88. The maximum absolute atomic E-state index is 12.0. The molecule has 0 saturated heterocycles. The largest absolute Gasteiger partial charge is 0.366 e. The minimum absolute atomic E-state index is 0.462. The molecule has 1 radical (unpaired) electrons. The normalized spacial score (nSPS) is 10.4. The predicted molar refractivity (Wildman–Crippen MR) is 91.7 cm³/mol. The van der Waals surface area contributed by atoms with Gasteiger partial charge in [-0.3, -0.25) is 9.78 Å². The zero-order valence-electron chi connectivity index (χ0n) is 12.6. The van der Waals surface area contributed by atoms with E-state index < -0.39 is 5.91 Å². The highest BCUT2D eigenvalue weighted by Gasteiger charge is 2.16. The van der Waals surface area contributed by atoms with Gasteiger partial charge in [0.2, 0.25) is 0 Å². The summed E-state index contributed by atoms with van der Waals surface area (Å²) in [5.41, 5.74) is 9.60. The molecular formula is C20H17N2O. The molecule has 3 nitrogen and oxygen atoms in total. The minimum Gasteiger partial charge on any atom is -0.366 e. The van der Waals surface area contributed by atoms with Gasteiger partial charge in [-0.1, -0.05) is 60.7 Å².